The highest BCUT2D eigenvalue weighted by Gasteiger charge is 2.25. The fourth-order valence-electron chi connectivity index (χ4n) is 2.05. The molecule has 0 saturated carbocycles. The highest BCUT2D eigenvalue weighted by molar-refractivity contribution is 7.89. The third kappa shape index (κ3) is 3.84. The number of fused-ring (bicyclic) bond motifs is 1. The highest BCUT2D eigenvalue weighted by Crippen LogP contribution is 2.24. The van der Waals surface area contributed by atoms with Crippen LogP contribution in [-0.4, -0.2) is 37.5 Å². The van der Waals surface area contributed by atoms with Crippen molar-refractivity contribution in [3.63, 3.8) is 0 Å². The van der Waals surface area contributed by atoms with Crippen molar-refractivity contribution in [1.82, 2.24) is 4.31 Å². The molecule has 0 radical (unpaired) electrons. The molecule has 2 rings (SSSR count). The van der Waals surface area contributed by atoms with Crippen molar-refractivity contribution in [2.24, 2.45) is 0 Å². The number of benzene rings is 1. The average molecular weight is 304 g/mol. The summed E-state index contributed by atoms with van der Waals surface area (Å²) in [5, 5.41) is 0. The maximum Gasteiger partial charge on any atom is 0.214 e. The zero-order valence-electron chi connectivity index (χ0n) is 10.7. The molecule has 0 fully saturated rings. The molecule has 0 aliphatic carbocycles. The van der Waals surface area contributed by atoms with Crippen LogP contribution in [0.25, 0.3) is 0 Å². The van der Waals surface area contributed by atoms with E-state index in [9.17, 15) is 8.42 Å². The Hall–Kier alpha value is -0.780. The maximum absolute atomic E-state index is 12.3. The van der Waals surface area contributed by atoms with E-state index in [2.05, 4.69) is 0 Å². The minimum Gasteiger partial charge on any atom is -0.492 e. The molecule has 0 bridgehead atoms. The van der Waals surface area contributed by atoms with Crippen molar-refractivity contribution in [3.8, 4) is 5.75 Å². The van der Waals surface area contributed by atoms with E-state index in [0.29, 0.717) is 32.0 Å². The Bertz CT molecular complexity index is 518. The molecule has 0 spiro atoms. The third-order valence-electron chi connectivity index (χ3n) is 3.10. The van der Waals surface area contributed by atoms with Gasteiger partial charge in [0.15, 0.2) is 0 Å². The molecule has 106 valence electrons. The second-order valence-electron chi connectivity index (χ2n) is 4.50. The van der Waals surface area contributed by atoms with Gasteiger partial charge in [-0.3, -0.25) is 0 Å². The number of rotatable bonds is 5. The average Bonchev–Trinajstić information content (AvgIpc) is 2.61. The number of para-hydroxylation sites is 1. The van der Waals surface area contributed by atoms with Crippen molar-refractivity contribution in [2.45, 2.75) is 19.4 Å². The van der Waals surface area contributed by atoms with Crippen molar-refractivity contribution in [3.05, 3.63) is 29.8 Å². The zero-order valence-corrected chi connectivity index (χ0v) is 12.3. The van der Waals surface area contributed by atoms with Crippen LogP contribution in [0.15, 0.2) is 24.3 Å². The number of ether oxygens (including phenoxy) is 1. The number of unbranched alkanes of at least 4 members (excludes halogenated alkanes) is 1. The predicted molar refractivity (Wildman–Crippen MR) is 76.1 cm³/mol. The summed E-state index contributed by atoms with van der Waals surface area (Å²) in [6.45, 7) is 1.18. The number of hydrogen-bond acceptors (Lipinski definition) is 3. The van der Waals surface area contributed by atoms with Gasteiger partial charge in [-0.2, -0.15) is 4.31 Å². The van der Waals surface area contributed by atoms with Crippen molar-refractivity contribution in [1.29, 1.82) is 0 Å². The Morgan fingerprint density at radius 2 is 2.05 bits per heavy atom. The smallest absolute Gasteiger partial charge is 0.214 e. The lowest BCUT2D eigenvalue weighted by molar-refractivity contribution is 0.293. The Morgan fingerprint density at radius 1 is 1.26 bits per heavy atom. The molecule has 0 atom stereocenters. The summed E-state index contributed by atoms with van der Waals surface area (Å²) < 4.78 is 31.6. The van der Waals surface area contributed by atoms with E-state index in [1.807, 2.05) is 24.3 Å². The summed E-state index contributed by atoms with van der Waals surface area (Å²) in [6, 6.07) is 7.57. The lowest BCUT2D eigenvalue weighted by Gasteiger charge is -2.19. The van der Waals surface area contributed by atoms with Gasteiger partial charge in [0, 0.05) is 24.5 Å². The first-order valence-corrected chi connectivity index (χ1v) is 8.52. The monoisotopic (exact) mass is 303 g/mol. The second-order valence-corrected chi connectivity index (χ2v) is 6.97. The van der Waals surface area contributed by atoms with Gasteiger partial charge in [0.05, 0.1) is 5.75 Å². The number of alkyl halides is 1. The lowest BCUT2D eigenvalue weighted by Crippen LogP contribution is -2.34. The van der Waals surface area contributed by atoms with Crippen LogP contribution >= 0.6 is 11.6 Å². The second kappa shape index (κ2) is 6.59. The zero-order chi connectivity index (χ0) is 13.7. The molecule has 1 aromatic rings. The number of hydrogen-bond donors (Lipinski definition) is 0. The minimum absolute atomic E-state index is 0.155. The molecule has 0 N–H and O–H groups in total. The summed E-state index contributed by atoms with van der Waals surface area (Å²) in [6.07, 6.45) is 1.33. The fourth-order valence-corrected chi connectivity index (χ4v) is 3.75. The first kappa shape index (κ1) is 14.6. The van der Waals surface area contributed by atoms with Gasteiger partial charge in [0.2, 0.25) is 10.0 Å². The van der Waals surface area contributed by atoms with Crippen molar-refractivity contribution >= 4 is 21.6 Å². The lowest BCUT2D eigenvalue weighted by atomic mass is 10.2. The van der Waals surface area contributed by atoms with E-state index in [1.54, 1.807) is 0 Å². The van der Waals surface area contributed by atoms with E-state index in [-0.39, 0.29) is 5.75 Å². The van der Waals surface area contributed by atoms with Crippen molar-refractivity contribution in [2.75, 3.05) is 24.8 Å². The van der Waals surface area contributed by atoms with Gasteiger partial charge in [0.1, 0.15) is 12.4 Å². The quantitative estimate of drug-likeness (QED) is 0.619. The minimum atomic E-state index is -3.23. The van der Waals surface area contributed by atoms with Crippen molar-refractivity contribution < 1.29 is 13.2 Å². The Morgan fingerprint density at radius 3 is 2.84 bits per heavy atom. The number of nitrogens with zero attached hydrogens (tertiary/aromatic N) is 1. The first-order valence-electron chi connectivity index (χ1n) is 6.38. The van der Waals surface area contributed by atoms with E-state index < -0.39 is 10.0 Å². The summed E-state index contributed by atoms with van der Waals surface area (Å²) in [4.78, 5) is 0. The van der Waals surface area contributed by atoms with Crippen LogP contribution in [0, 0.1) is 0 Å². The van der Waals surface area contributed by atoms with Gasteiger partial charge in [-0.1, -0.05) is 18.2 Å². The number of sulfonamides is 1. The first-order chi connectivity index (χ1) is 9.13. The summed E-state index contributed by atoms with van der Waals surface area (Å²) in [5.74, 6) is 1.43. The van der Waals surface area contributed by atoms with Crippen LogP contribution in [-0.2, 0) is 16.6 Å². The van der Waals surface area contributed by atoms with Gasteiger partial charge >= 0.3 is 0 Å². The van der Waals surface area contributed by atoms with E-state index in [4.69, 9.17) is 16.3 Å². The third-order valence-corrected chi connectivity index (χ3v) is 5.27. The van der Waals surface area contributed by atoms with Gasteiger partial charge in [0.25, 0.3) is 0 Å². The van der Waals surface area contributed by atoms with Crippen LogP contribution in [0.3, 0.4) is 0 Å². The van der Waals surface area contributed by atoms with Gasteiger partial charge in [-0.05, 0) is 18.9 Å². The molecule has 1 aliphatic rings. The summed E-state index contributed by atoms with van der Waals surface area (Å²) in [7, 11) is -3.23. The molecule has 0 aromatic heterocycles. The standard InChI is InChI=1S/C13H18ClNO3S/c14-7-3-4-10-19(16,17)15-8-9-18-13-6-2-1-5-12(13)11-15/h1-2,5-6H,3-4,7-11H2. The van der Waals surface area contributed by atoms with Crippen LogP contribution < -0.4 is 4.74 Å². The highest BCUT2D eigenvalue weighted by atomic mass is 35.5. The Kier molecular flexibility index (Phi) is 5.07. The van der Waals surface area contributed by atoms with Crippen LogP contribution in [0.4, 0.5) is 0 Å². The molecule has 6 heteroatoms. The molecule has 0 unspecified atom stereocenters. The molecule has 1 aliphatic heterocycles. The molecule has 0 saturated heterocycles. The fraction of sp³-hybridized carbons (Fsp3) is 0.538. The normalized spacial score (nSPS) is 16.5. The van der Waals surface area contributed by atoms with Gasteiger partial charge < -0.3 is 4.74 Å². The molecule has 1 heterocycles. The predicted octanol–water partition coefficient (Wildman–Crippen LogP) is 2.23. The van der Waals surface area contributed by atoms with Crippen LogP contribution in [0.2, 0.25) is 0 Å². The molecule has 4 nitrogen and oxygen atoms in total. The Labute approximate surface area is 119 Å². The summed E-state index contributed by atoms with van der Waals surface area (Å²) in [5.41, 5.74) is 0.918. The molecular formula is C13H18ClNO3S. The SMILES string of the molecule is O=S(=O)(CCCCCl)N1CCOc2ccccc2C1. The molecule has 0 amide bonds. The molecule has 1 aromatic carbocycles. The largest absolute Gasteiger partial charge is 0.492 e. The van der Waals surface area contributed by atoms with E-state index >= 15 is 0 Å². The van der Waals surface area contributed by atoms with Gasteiger partial charge in [-0.15, -0.1) is 11.6 Å². The summed E-state index contributed by atoms with van der Waals surface area (Å²) >= 11 is 5.58. The number of halogens is 1. The Balaban J connectivity index is 2.09. The van der Waals surface area contributed by atoms with Gasteiger partial charge in [-0.25, -0.2) is 8.42 Å². The molecule has 19 heavy (non-hydrogen) atoms. The van der Waals surface area contributed by atoms with E-state index in [0.717, 1.165) is 17.7 Å². The maximum atomic E-state index is 12.3. The van der Waals surface area contributed by atoms with Crippen LogP contribution in [0.5, 0.6) is 5.75 Å². The topological polar surface area (TPSA) is 46.6 Å². The van der Waals surface area contributed by atoms with E-state index in [1.165, 1.54) is 4.31 Å². The molecular weight excluding hydrogens is 286 g/mol. The van der Waals surface area contributed by atoms with Crippen LogP contribution in [0.1, 0.15) is 18.4 Å².